The largest absolute Gasteiger partial charge is 0.326 e. The van der Waals surface area contributed by atoms with Gasteiger partial charge in [0.25, 0.3) is 0 Å². The molecule has 0 amide bonds. The van der Waals surface area contributed by atoms with E-state index in [0.717, 1.165) is 4.47 Å². The maximum Gasteiger partial charge on any atom is 0.0189 e. The predicted molar refractivity (Wildman–Crippen MR) is 53.8 cm³/mol. The molecule has 0 heterocycles. The zero-order chi connectivity index (χ0) is 8.27. The minimum absolute atomic E-state index is 0.607. The van der Waals surface area contributed by atoms with Gasteiger partial charge in [-0.25, -0.2) is 0 Å². The number of hydrogen-bond donors (Lipinski definition) is 1. The Bertz CT molecular complexity index is 250. The third kappa shape index (κ3) is 2.22. The van der Waals surface area contributed by atoms with Gasteiger partial charge in [-0.1, -0.05) is 15.9 Å². The first kappa shape index (κ1) is 9.10. The van der Waals surface area contributed by atoms with E-state index in [1.165, 1.54) is 10.5 Å². The van der Waals surface area contributed by atoms with Gasteiger partial charge in [0.05, 0.1) is 0 Å². The van der Waals surface area contributed by atoms with Crippen LogP contribution in [0.3, 0.4) is 0 Å². The van der Waals surface area contributed by atoms with E-state index in [4.69, 9.17) is 5.73 Å². The Labute approximate surface area is 79.5 Å². The summed E-state index contributed by atoms with van der Waals surface area (Å²) in [6.07, 6.45) is 2.06. The van der Waals surface area contributed by atoms with Crippen LogP contribution < -0.4 is 5.73 Å². The number of benzene rings is 1. The van der Waals surface area contributed by atoms with Crippen LogP contribution in [0.1, 0.15) is 5.56 Å². The van der Waals surface area contributed by atoms with E-state index in [9.17, 15) is 0 Å². The summed E-state index contributed by atoms with van der Waals surface area (Å²) in [5.74, 6) is 0. The van der Waals surface area contributed by atoms with Crippen molar-refractivity contribution < 1.29 is 0 Å². The molecule has 0 aliphatic rings. The fourth-order valence-corrected chi connectivity index (χ4v) is 1.92. The van der Waals surface area contributed by atoms with Crippen LogP contribution in [0.4, 0.5) is 0 Å². The molecule has 1 aromatic rings. The summed E-state index contributed by atoms with van der Waals surface area (Å²) in [6.45, 7) is 0.607. The van der Waals surface area contributed by atoms with E-state index in [2.05, 4.69) is 34.3 Å². The average molecular weight is 232 g/mol. The van der Waals surface area contributed by atoms with Crippen LogP contribution in [0.25, 0.3) is 0 Å². The highest BCUT2D eigenvalue weighted by Crippen LogP contribution is 2.23. The van der Waals surface area contributed by atoms with Crippen LogP contribution in [0.2, 0.25) is 0 Å². The topological polar surface area (TPSA) is 26.0 Å². The molecule has 0 aromatic heterocycles. The molecule has 0 atom stereocenters. The van der Waals surface area contributed by atoms with E-state index >= 15 is 0 Å². The van der Waals surface area contributed by atoms with E-state index in [1.807, 2.05) is 6.07 Å². The lowest BCUT2D eigenvalue weighted by Crippen LogP contribution is -1.97. The molecule has 11 heavy (non-hydrogen) atoms. The maximum absolute atomic E-state index is 5.56. The monoisotopic (exact) mass is 231 g/mol. The maximum atomic E-state index is 5.56. The smallest absolute Gasteiger partial charge is 0.0189 e. The van der Waals surface area contributed by atoms with Gasteiger partial charge in [-0.05, 0) is 30.0 Å². The van der Waals surface area contributed by atoms with E-state index in [1.54, 1.807) is 11.8 Å². The molecule has 0 radical (unpaired) electrons. The van der Waals surface area contributed by atoms with Crippen molar-refractivity contribution in [3.63, 3.8) is 0 Å². The fraction of sp³-hybridized carbons (Fsp3) is 0.250. The van der Waals surface area contributed by atoms with Crippen molar-refractivity contribution in [3.05, 3.63) is 28.2 Å². The van der Waals surface area contributed by atoms with Gasteiger partial charge >= 0.3 is 0 Å². The molecule has 0 unspecified atom stereocenters. The molecule has 0 fully saturated rings. The highest BCUT2D eigenvalue weighted by molar-refractivity contribution is 9.10. The molecule has 1 nitrogen and oxygen atoms in total. The van der Waals surface area contributed by atoms with Gasteiger partial charge < -0.3 is 5.73 Å². The molecule has 0 saturated carbocycles. The summed E-state index contributed by atoms with van der Waals surface area (Å²) in [5.41, 5.74) is 6.76. The number of thioether (sulfide) groups is 1. The van der Waals surface area contributed by atoms with Gasteiger partial charge in [0, 0.05) is 15.9 Å². The Morgan fingerprint density at radius 3 is 2.82 bits per heavy atom. The summed E-state index contributed by atoms with van der Waals surface area (Å²) in [5, 5.41) is 0. The van der Waals surface area contributed by atoms with Crippen LogP contribution in [0, 0.1) is 0 Å². The van der Waals surface area contributed by atoms with Gasteiger partial charge in [-0.3, -0.25) is 0 Å². The molecule has 0 aliphatic heterocycles. The van der Waals surface area contributed by atoms with Crippen LogP contribution in [0.15, 0.2) is 27.6 Å². The summed E-state index contributed by atoms with van der Waals surface area (Å²) in [6, 6.07) is 6.17. The Balaban J connectivity index is 3.06. The Morgan fingerprint density at radius 2 is 2.27 bits per heavy atom. The van der Waals surface area contributed by atoms with Crippen molar-refractivity contribution in [2.45, 2.75) is 11.4 Å². The van der Waals surface area contributed by atoms with Gasteiger partial charge in [0.1, 0.15) is 0 Å². The van der Waals surface area contributed by atoms with Crippen LogP contribution >= 0.6 is 27.7 Å². The summed E-state index contributed by atoms with van der Waals surface area (Å²) in [7, 11) is 0. The lowest BCUT2D eigenvalue weighted by atomic mass is 10.2. The Hall–Kier alpha value is 0.01000. The molecular weight excluding hydrogens is 222 g/mol. The molecule has 0 saturated heterocycles. The van der Waals surface area contributed by atoms with Crippen molar-refractivity contribution in [3.8, 4) is 0 Å². The standard InChI is InChI=1S/C8H10BrNS/c1-11-8-3-2-7(9)4-6(8)5-10/h2-4H,5,10H2,1H3. The quantitative estimate of drug-likeness (QED) is 0.793. The average Bonchev–Trinajstić information content (AvgIpc) is 2.04. The van der Waals surface area contributed by atoms with Crippen molar-refractivity contribution >= 4 is 27.7 Å². The lowest BCUT2D eigenvalue weighted by molar-refractivity contribution is 1.02. The van der Waals surface area contributed by atoms with E-state index in [0.29, 0.717) is 6.54 Å². The second-order valence-electron chi connectivity index (χ2n) is 2.16. The number of nitrogens with two attached hydrogens (primary N) is 1. The molecule has 1 aromatic carbocycles. The fourth-order valence-electron chi connectivity index (χ4n) is 0.907. The molecule has 0 spiro atoms. The Morgan fingerprint density at radius 1 is 1.55 bits per heavy atom. The molecular formula is C8H10BrNS. The number of hydrogen-bond acceptors (Lipinski definition) is 2. The second-order valence-corrected chi connectivity index (χ2v) is 3.92. The first-order valence-corrected chi connectivity index (χ1v) is 5.32. The molecule has 0 aliphatic carbocycles. The number of rotatable bonds is 2. The zero-order valence-corrected chi connectivity index (χ0v) is 8.71. The Kier molecular flexibility index (Phi) is 3.43. The summed E-state index contributed by atoms with van der Waals surface area (Å²) in [4.78, 5) is 1.26. The summed E-state index contributed by atoms with van der Waals surface area (Å²) >= 11 is 5.13. The van der Waals surface area contributed by atoms with Crippen molar-refractivity contribution in [2.75, 3.05) is 6.26 Å². The molecule has 0 bridgehead atoms. The minimum atomic E-state index is 0.607. The third-order valence-electron chi connectivity index (χ3n) is 1.46. The first-order valence-electron chi connectivity index (χ1n) is 3.30. The van der Waals surface area contributed by atoms with Crippen molar-refractivity contribution in [1.82, 2.24) is 0 Å². The summed E-state index contributed by atoms with van der Waals surface area (Å²) < 4.78 is 1.09. The van der Waals surface area contributed by atoms with Crippen molar-refractivity contribution in [1.29, 1.82) is 0 Å². The highest BCUT2D eigenvalue weighted by atomic mass is 79.9. The van der Waals surface area contributed by atoms with Crippen molar-refractivity contribution in [2.24, 2.45) is 5.73 Å². The minimum Gasteiger partial charge on any atom is -0.326 e. The predicted octanol–water partition coefficient (Wildman–Crippen LogP) is 2.63. The van der Waals surface area contributed by atoms with E-state index < -0.39 is 0 Å². The first-order chi connectivity index (χ1) is 5.27. The van der Waals surface area contributed by atoms with Crippen LogP contribution in [-0.2, 0) is 6.54 Å². The van der Waals surface area contributed by atoms with Gasteiger partial charge in [-0.15, -0.1) is 11.8 Å². The number of halogens is 1. The van der Waals surface area contributed by atoms with E-state index in [-0.39, 0.29) is 0 Å². The zero-order valence-electron chi connectivity index (χ0n) is 6.30. The normalized spacial score (nSPS) is 10.1. The molecule has 3 heteroatoms. The van der Waals surface area contributed by atoms with Gasteiger partial charge in [0.15, 0.2) is 0 Å². The lowest BCUT2D eigenvalue weighted by Gasteiger charge is -2.04. The van der Waals surface area contributed by atoms with Gasteiger partial charge in [-0.2, -0.15) is 0 Å². The molecule has 1 rings (SSSR count). The van der Waals surface area contributed by atoms with Crippen LogP contribution in [0.5, 0.6) is 0 Å². The SMILES string of the molecule is CSc1ccc(Br)cc1CN. The second kappa shape index (κ2) is 4.14. The molecule has 60 valence electrons. The van der Waals surface area contributed by atoms with Gasteiger partial charge in [0.2, 0.25) is 0 Å². The van der Waals surface area contributed by atoms with Crippen LogP contribution in [-0.4, -0.2) is 6.26 Å². The highest BCUT2D eigenvalue weighted by Gasteiger charge is 1.98. The molecule has 2 N–H and O–H groups in total. The third-order valence-corrected chi connectivity index (χ3v) is 2.79.